The largest absolute Gasteiger partial charge is 0.324 e. The third-order valence-corrected chi connectivity index (χ3v) is 4.52. The molecule has 2 N–H and O–H groups in total. The minimum atomic E-state index is 0.0828. The van der Waals surface area contributed by atoms with Crippen LogP contribution >= 0.6 is 11.6 Å². The first kappa shape index (κ1) is 14.6. The van der Waals surface area contributed by atoms with Crippen LogP contribution in [0.4, 0.5) is 0 Å². The van der Waals surface area contributed by atoms with Crippen LogP contribution in [0.2, 0.25) is 5.02 Å². The Labute approximate surface area is 131 Å². The van der Waals surface area contributed by atoms with Crippen LogP contribution in [0, 0.1) is 0 Å². The number of hydrogen-bond donors (Lipinski definition) is 1. The molecule has 0 saturated carbocycles. The van der Waals surface area contributed by atoms with E-state index in [0.29, 0.717) is 0 Å². The number of nitrogens with zero attached hydrogens (tertiary/aromatic N) is 1. The molecular weight excluding hydrogens is 280 g/mol. The Morgan fingerprint density at radius 1 is 1.05 bits per heavy atom. The van der Waals surface area contributed by atoms with E-state index in [1.165, 1.54) is 11.1 Å². The molecule has 3 heteroatoms. The van der Waals surface area contributed by atoms with E-state index in [2.05, 4.69) is 29.2 Å². The van der Waals surface area contributed by atoms with E-state index in [-0.39, 0.29) is 6.04 Å². The first-order valence-electron chi connectivity index (χ1n) is 7.52. The molecule has 0 saturated heterocycles. The molecule has 110 valence electrons. The van der Waals surface area contributed by atoms with Crippen LogP contribution in [0.25, 0.3) is 0 Å². The van der Waals surface area contributed by atoms with Gasteiger partial charge in [-0.1, -0.05) is 48.0 Å². The Morgan fingerprint density at radius 3 is 2.52 bits per heavy atom. The second-order valence-corrected chi connectivity index (χ2v) is 6.18. The van der Waals surface area contributed by atoms with Gasteiger partial charge in [-0.05, 0) is 41.7 Å². The van der Waals surface area contributed by atoms with Gasteiger partial charge in [0.1, 0.15) is 0 Å². The number of nitrogens with two attached hydrogens (primary N) is 1. The molecule has 2 aromatic rings. The lowest BCUT2D eigenvalue weighted by Crippen LogP contribution is -2.32. The van der Waals surface area contributed by atoms with Crippen molar-refractivity contribution in [1.82, 2.24) is 4.90 Å². The molecule has 0 fully saturated rings. The van der Waals surface area contributed by atoms with Crippen LogP contribution in [0.3, 0.4) is 0 Å². The van der Waals surface area contributed by atoms with Crippen molar-refractivity contribution in [3.63, 3.8) is 0 Å². The average molecular weight is 301 g/mol. The van der Waals surface area contributed by atoms with Gasteiger partial charge >= 0.3 is 0 Å². The number of fused-ring (bicyclic) bond motifs is 1. The molecular formula is C18H21ClN2. The average Bonchev–Trinajstić information content (AvgIpc) is 2.53. The number of hydrogen-bond acceptors (Lipinski definition) is 2. The molecule has 0 aliphatic carbocycles. The van der Waals surface area contributed by atoms with Crippen molar-refractivity contribution in [2.24, 2.45) is 5.73 Å². The lowest BCUT2D eigenvalue weighted by atomic mass is 9.99. The molecule has 1 unspecified atom stereocenters. The molecule has 2 aromatic carbocycles. The topological polar surface area (TPSA) is 29.3 Å². The maximum absolute atomic E-state index is 6.29. The Bertz CT molecular complexity index is 594. The Balaban J connectivity index is 1.55. The molecule has 1 aliphatic rings. The van der Waals surface area contributed by atoms with Gasteiger partial charge in [-0.15, -0.1) is 0 Å². The smallest absolute Gasteiger partial charge is 0.0406 e. The van der Waals surface area contributed by atoms with Crippen molar-refractivity contribution < 1.29 is 0 Å². The van der Waals surface area contributed by atoms with Crippen molar-refractivity contribution >= 4 is 11.6 Å². The summed E-state index contributed by atoms with van der Waals surface area (Å²) < 4.78 is 0. The van der Waals surface area contributed by atoms with Gasteiger partial charge in [-0.2, -0.15) is 0 Å². The lowest BCUT2D eigenvalue weighted by Gasteiger charge is -2.29. The van der Waals surface area contributed by atoms with Crippen LogP contribution in [0.1, 0.15) is 29.2 Å². The van der Waals surface area contributed by atoms with Crippen molar-refractivity contribution in [2.75, 3.05) is 13.1 Å². The normalized spacial score (nSPS) is 16.5. The number of benzene rings is 2. The molecule has 0 radical (unpaired) electrons. The van der Waals surface area contributed by atoms with Gasteiger partial charge in [-0.3, -0.25) is 4.90 Å². The third kappa shape index (κ3) is 3.65. The van der Waals surface area contributed by atoms with Crippen LogP contribution < -0.4 is 5.73 Å². The Morgan fingerprint density at radius 2 is 1.76 bits per heavy atom. The summed E-state index contributed by atoms with van der Waals surface area (Å²) >= 11 is 5.91. The molecule has 2 nitrogen and oxygen atoms in total. The van der Waals surface area contributed by atoms with Crippen LogP contribution in [0.5, 0.6) is 0 Å². The van der Waals surface area contributed by atoms with Crippen molar-refractivity contribution in [3.05, 3.63) is 70.2 Å². The molecule has 21 heavy (non-hydrogen) atoms. The Hall–Kier alpha value is -1.35. The monoisotopic (exact) mass is 300 g/mol. The van der Waals surface area contributed by atoms with E-state index in [9.17, 15) is 0 Å². The van der Waals surface area contributed by atoms with Gasteiger partial charge in [0.05, 0.1) is 0 Å². The molecule has 0 amide bonds. The molecule has 3 rings (SSSR count). The molecule has 0 aromatic heterocycles. The van der Waals surface area contributed by atoms with Crippen molar-refractivity contribution in [2.45, 2.75) is 25.4 Å². The maximum Gasteiger partial charge on any atom is 0.0406 e. The highest BCUT2D eigenvalue weighted by Gasteiger charge is 2.16. The first-order valence-corrected chi connectivity index (χ1v) is 7.90. The predicted molar refractivity (Wildman–Crippen MR) is 88.4 cm³/mol. The fraction of sp³-hybridized carbons (Fsp3) is 0.333. The van der Waals surface area contributed by atoms with E-state index >= 15 is 0 Å². The minimum absolute atomic E-state index is 0.0828. The van der Waals surface area contributed by atoms with Gasteiger partial charge < -0.3 is 5.73 Å². The zero-order valence-corrected chi connectivity index (χ0v) is 12.9. The summed E-state index contributed by atoms with van der Waals surface area (Å²) in [7, 11) is 0. The molecule has 1 atom stereocenters. The van der Waals surface area contributed by atoms with Gasteiger partial charge in [0.2, 0.25) is 0 Å². The fourth-order valence-corrected chi connectivity index (χ4v) is 3.07. The highest BCUT2D eigenvalue weighted by Crippen LogP contribution is 2.21. The second-order valence-electron chi connectivity index (χ2n) is 5.74. The van der Waals surface area contributed by atoms with Crippen molar-refractivity contribution in [3.8, 4) is 0 Å². The van der Waals surface area contributed by atoms with Crippen LogP contribution in [0.15, 0.2) is 48.5 Å². The first-order chi connectivity index (χ1) is 10.2. The van der Waals surface area contributed by atoms with E-state index in [0.717, 1.165) is 43.1 Å². The summed E-state index contributed by atoms with van der Waals surface area (Å²) in [5, 5.41) is 0.763. The summed E-state index contributed by atoms with van der Waals surface area (Å²) in [6, 6.07) is 16.7. The number of halogens is 1. The lowest BCUT2D eigenvalue weighted by molar-refractivity contribution is 0.244. The van der Waals surface area contributed by atoms with Gasteiger partial charge in [-0.25, -0.2) is 0 Å². The standard InChI is InChI=1S/C18H21ClN2/c19-17-7-5-15(6-8-17)18(20)10-12-21-11-9-14-3-1-2-4-16(14)13-21/h1-8,18H,9-13,20H2. The molecule has 1 heterocycles. The molecule has 0 spiro atoms. The van der Waals surface area contributed by atoms with Crippen LogP contribution in [-0.4, -0.2) is 18.0 Å². The summed E-state index contributed by atoms with van der Waals surface area (Å²) in [5.74, 6) is 0. The van der Waals surface area contributed by atoms with E-state index < -0.39 is 0 Å². The zero-order chi connectivity index (χ0) is 14.7. The quantitative estimate of drug-likeness (QED) is 0.931. The third-order valence-electron chi connectivity index (χ3n) is 4.26. The van der Waals surface area contributed by atoms with Gasteiger partial charge in [0.15, 0.2) is 0 Å². The molecule has 1 aliphatic heterocycles. The second kappa shape index (κ2) is 6.61. The number of rotatable bonds is 4. The maximum atomic E-state index is 6.29. The summed E-state index contributed by atoms with van der Waals surface area (Å²) in [5.41, 5.74) is 10.4. The van der Waals surface area contributed by atoms with Gasteiger partial charge in [0, 0.05) is 30.7 Å². The summed E-state index contributed by atoms with van der Waals surface area (Å²) in [6.07, 6.45) is 2.12. The zero-order valence-electron chi connectivity index (χ0n) is 12.1. The Kier molecular flexibility index (Phi) is 4.59. The van der Waals surface area contributed by atoms with Gasteiger partial charge in [0.25, 0.3) is 0 Å². The summed E-state index contributed by atoms with van der Waals surface area (Å²) in [4.78, 5) is 2.50. The van der Waals surface area contributed by atoms with E-state index in [1.54, 1.807) is 0 Å². The highest BCUT2D eigenvalue weighted by atomic mass is 35.5. The van der Waals surface area contributed by atoms with Crippen LogP contribution in [-0.2, 0) is 13.0 Å². The van der Waals surface area contributed by atoms with E-state index in [1.807, 2.05) is 24.3 Å². The van der Waals surface area contributed by atoms with E-state index in [4.69, 9.17) is 17.3 Å². The predicted octanol–water partition coefficient (Wildman–Crippen LogP) is 3.79. The fourth-order valence-electron chi connectivity index (χ4n) is 2.94. The minimum Gasteiger partial charge on any atom is -0.324 e. The highest BCUT2D eigenvalue weighted by molar-refractivity contribution is 6.30. The summed E-state index contributed by atoms with van der Waals surface area (Å²) in [6.45, 7) is 3.21. The molecule has 0 bridgehead atoms. The van der Waals surface area contributed by atoms with Crippen molar-refractivity contribution in [1.29, 1.82) is 0 Å². The SMILES string of the molecule is NC(CCN1CCc2ccccc2C1)c1ccc(Cl)cc1.